The molecule has 7 aromatic rings. The largest absolute Gasteiger partial charge is 1.00 e. The molecule has 0 bridgehead atoms. The first-order valence-corrected chi connectivity index (χ1v) is 26.9. The third-order valence-corrected chi connectivity index (χ3v) is 11.3. The molecule has 0 atom stereocenters. The van der Waals surface area contributed by atoms with Crippen LogP contribution in [0.5, 0.6) is 46.0 Å². The van der Waals surface area contributed by atoms with Gasteiger partial charge in [0, 0.05) is 41.5 Å². The first kappa shape index (κ1) is 76.4. The van der Waals surface area contributed by atoms with Gasteiger partial charge in [0.15, 0.2) is 22.7 Å². The molecule has 0 saturated heterocycles. The summed E-state index contributed by atoms with van der Waals surface area (Å²) < 4.78 is 254. The van der Waals surface area contributed by atoms with Crippen molar-refractivity contribution in [3.63, 3.8) is 0 Å². The topological polar surface area (TPSA) is 477 Å². The average Bonchev–Trinajstić information content (AvgIpc) is 3.23. The third kappa shape index (κ3) is 22.3. The van der Waals surface area contributed by atoms with Crippen molar-refractivity contribution in [1.82, 2.24) is 0 Å². The van der Waals surface area contributed by atoms with E-state index < -0.39 is 143 Å². The normalized spacial score (nSPS) is 11.6. The summed E-state index contributed by atoms with van der Waals surface area (Å²) in [4.78, 5) is 27.5. The third-order valence-electron chi connectivity index (χ3n) is 8.98. The second kappa shape index (κ2) is 30.1. The molecule has 0 amide bonds. The van der Waals surface area contributed by atoms with Crippen molar-refractivity contribution in [2.24, 2.45) is 0 Å². The summed E-state index contributed by atoms with van der Waals surface area (Å²) in [5.41, 5.74) is -3.78. The van der Waals surface area contributed by atoms with Gasteiger partial charge < -0.3 is 70.7 Å². The van der Waals surface area contributed by atoms with E-state index in [1.807, 2.05) is 0 Å². The first-order chi connectivity index (χ1) is 34.1. The van der Waals surface area contributed by atoms with Crippen molar-refractivity contribution in [3.05, 3.63) is 129 Å². The Labute approximate surface area is 584 Å². The zero-order valence-corrected chi connectivity index (χ0v) is 58.2. The molecule has 0 aliphatic carbocycles. The van der Waals surface area contributed by atoms with Gasteiger partial charge in [-0.15, -0.1) is 0 Å². The molecule has 0 fully saturated rings. The SMILES string of the molecule is O=c1cc(-c2ccc(OS(=O)(=O)[O-])cc2)oc2cc(OS(=O)(=O)[O-])cc(OCc3ccc(COc4cc(OS(=O)(=O)[O-])cc5oc(-c6ccc(OS(=O)(=O)[O-])c(OS(=O)(=O)[O-])c6)c(OS(=O)(=O)[O-])c(=O)c45)cc3)c12.[Na+].[Na+].[Na+].[Na+].[Na+].[Na+]. The van der Waals surface area contributed by atoms with E-state index in [9.17, 15) is 87.4 Å². The second-order valence-electron chi connectivity index (χ2n) is 14.2. The molecule has 0 N–H and O–H groups in total. The van der Waals surface area contributed by atoms with Gasteiger partial charge in [-0.1, -0.05) is 24.3 Å². The van der Waals surface area contributed by atoms with E-state index in [-0.39, 0.29) is 217 Å². The van der Waals surface area contributed by atoms with E-state index in [1.54, 1.807) is 0 Å². The van der Waals surface area contributed by atoms with Gasteiger partial charge in [0.1, 0.15) is 69.7 Å². The molecule has 0 unspecified atom stereocenters. The standard InChI is InChI=1S/C38H26O30S6.6Na/c39-26-16-28(21-5-8-23(9-6-21)63-69(41,42)43)61-32-14-24(64-70(44,45)46)12-30(34(26)32)59-17-19-1-3-20(4-2-19)18-60-31-13-25(65-71(47,48)49)15-33-35(31)36(40)38(68-74(56,57)58)37(62-33)22-7-10-27(66-72(50,51)52)29(11-22)67-73(53,54)55;;;;;;/h1-16H,17-18H2,(H,41,42,43)(H,44,45,46)(H,47,48,49)(H,50,51,52)(H,53,54,55)(H,56,57,58);;;;;;/q;6*+1/p-6. The second-order valence-corrected chi connectivity index (χ2v) is 20.1. The molecule has 0 aliphatic heterocycles. The summed E-state index contributed by atoms with van der Waals surface area (Å²) in [6.07, 6.45) is 0. The fraction of sp³-hybridized carbons (Fsp3) is 0.0526. The number of ether oxygens (including phenoxy) is 2. The zero-order chi connectivity index (χ0) is 54.3. The summed E-state index contributed by atoms with van der Waals surface area (Å²) in [5, 5.41) is -1.15. The molecular formula is C38H20Na6O30S6. The maximum atomic E-state index is 14.0. The molecule has 30 nitrogen and oxygen atoms in total. The quantitative estimate of drug-likeness (QED) is 0.0388. The number of hydrogen-bond acceptors (Lipinski definition) is 30. The van der Waals surface area contributed by atoms with Crippen LogP contribution in [0.15, 0.2) is 115 Å². The minimum atomic E-state index is -5.95. The fourth-order valence-corrected chi connectivity index (χ4v) is 8.46. The smallest absolute Gasteiger partial charge is 0.716 e. The van der Waals surface area contributed by atoms with E-state index >= 15 is 0 Å². The maximum Gasteiger partial charge on any atom is 1.00 e. The van der Waals surface area contributed by atoms with Gasteiger partial charge in [-0.05, 0) is 53.6 Å². The van der Waals surface area contributed by atoms with Crippen molar-refractivity contribution >= 4 is 84.3 Å². The van der Waals surface area contributed by atoms with Crippen LogP contribution < -0.4 is 223 Å². The average molecular weight is 1290 g/mol. The molecule has 5 aromatic carbocycles. The Bertz CT molecular complexity index is 4240. The predicted octanol–water partition coefficient (Wildman–Crippen LogP) is -16.6. The van der Waals surface area contributed by atoms with E-state index in [4.69, 9.17) is 18.3 Å². The maximum absolute atomic E-state index is 14.0. The molecule has 80 heavy (non-hydrogen) atoms. The van der Waals surface area contributed by atoms with E-state index in [1.165, 1.54) is 36.4 Å². The number of rotatable bonds is 20. The van der Waals surface area contributed by atoms with Crippen LogP contribution in [-0.4, -0.2) is 77.8 Å². The Balaban J connectivity index is 0.00000533. The molecule has 2 aromatic heterocycles. The van der Waals surface area contributed by atoms with Crippen LogP contribution in [0.4, 0.5) is 0 Å². The summed E-state index contributed by atoms with van der Waals surface area (Å²) >= 11 is 0. The van der Waals surface area contributed by atoms with Gasteiger partial charge in [-0.3, -0.25) is 9.59 Å². The summed E-state index contributed by atoms with van der Waals surface area (Å²) in [7, 11) is -33.6. The van der Waals surface area contributed by atoms with Crippen LogP contribution in [0.1, 0.15) is 11.1 Å². The predicted molar refractivity (Wildman–Crippen MR) is 233 cm³/mol. The minimum Gasteiger partial charge on any atom is -0.716 e. The molecule has 0 spiro atoms. The van der Waals surface area contributed by atoms with Crippen LogP contribution in [0.3, 0.4) is 0 Å². The Hall–Kier alpha value is -1.62. The number of hydrogen-bond donors (Lipinski definition) is 0. The molecule has 0 aliphatic rings. The molecule has 42 heteroatoms. The number of fused-ring (bicyclic) bond motifs is 2. The minimum absolute atomic E-state index is 0. The Morgan fingerprint density at radius 3 is 1.23 bits per heavy atom. The van der Waals surface area contributed by atoms with Gasteiger partial charge in [0.05, 0.1) is 0 Å². The van der Waals surface area contributed by atoms with Gasteiger partial charge in [-0.25, -0.2) is 50.5 Å². The molecular weight excluding hydrogens is 1270 g/mol. The molecule has 0 saturated carbocycles. The summed E-state index contributed by atoms with van der Waals surface area (Å²) in [5.74, 6) is -8.64. The number of benzene rings is 5. The summed E-state index contributed by atoms with van der Waals surface area (Å²) in [6.45, 7) is -1.01. The van der Waals surface area contributed by atoms with Gasteiger partial charge in [0.25, 0.3) is 62.4 Å². The Morgan fingerprint density at radius 2 is 0.775 bits per heavy atom. The van der Waals surface area contributed by atoms with Crippen LogP contribution >= 0.6 is 0 Å². The monoisotopic (exact) mass is 1290 g/mol. The molecule has 0 radical (unpaired) electrons. The van der Waals surface area contributed by atoms with E-state index in [0.29, 0.717) is 35.9 Å². The van der Waals surface area contributed by atoms with Crippen LogP contribution in [0.25, 0.3) is 44.6 Å². The summed E-state index contributed by atoms with van der Waals surface area (Å²) in [6, 6.07) is 15.4. The van der Waals surface area contributed by atoms with Gasteiger partial charge in [0.2, 0.25) is 11.2 Å². The Morgan fingerprint density at radius 1 is 0.375 bits per heavy atom. The van der Waals surface area contributed by atoms with Gasteiger partial charge in [-0.2, -0.15) is 0 Å². The first-order valence-electron chi connectivity index (χ1n) is 18.9. The van der Waals surface area contributed by atoms with E-state index in [0.717, 1.165) is 30.3 Å². The zero-order valence-electron chi connectivity index (χ0n) is 41.3. The van der Waals surface area contributed by atoms with Crippen molar-refractivity contribution in [3.8, 4) is 68.6 Å². The molecule has 2 heterocycles. The van der Waals surface area contributed by atoms with Crippen molar-refractivity contribution in [1.29, 1.82) is 0 Å². The van der Waals surface area contributed by atoms with Crippen LogP contribution in [-0.2, 0) is 75.6 Å². The van der Waals surface area contributed by atoms with Crippen LogP contribution in [0, 0.1) is 0 Å². The molecule has 394 valence electrons. The molecule has 7 rings (SSSR count). The van der Waals surface area contributed by atoms with Crippen molar-refractivity contribution < 1.29 is 299 Å². The van der Waals surface area contributed by atoms with Crippen LogP contribution in [0.2, 0.25) is 0 Å². The van der Waals surface area contributed by atoms with Crippen molar-refractivity contribution in [2.45, 2.75) is 13.2 Å². The fourth-order valence-electron chi connectivity index (χ4n) is 6.39. The Kier molecular flexibility index (Phi) is 28.8. The van der Waals surface area contributed by atoms with Crippen molar-refractivity contribution in [2.75, 3.05) is 0 Å². The van der Waals surface area contributed by atoms with E-state index in [2.05, 4.69) is 25.1 Å². The van der Waals surface area contributed by atoms with Gasteiger partial charge >= 0.3 is 177 Å².